The van der Waals surface area contributed by atoms with Gasteiger partial charge in [-0.3, -0.25) is 4.90 Å². The number of halogens is 1. The molecule has 0 aliphatic carbocycles. The maximum Gasteiger partial charge on any atom is 0.123 e. The van der Waals surface area contributed by atoms with E-state index in [1.54, 1.807) is 18.3 Å². The van der Waals surface area contributed by atoms with Crippen LogP contribution in [0.25, 0.3) is 5.69 Å². The number of piperidine rings is 1. The van der Waals surface area contributed by atoms with E-state index in [0.29, 0.717) is 0 Å². The molecular weight excluding hydrogens is 255 g/mol. The van der Waals surface area contributed by atoms with Crippen LogP contribution in [0.3, 0.4) is 0 Å². The molecule has 1 aliphatic rings. The number of hydrogen-bond acceptors (Lipinski definition) is 3. The number of nitrogens with two attached hydrogens (primary N) is 1. The van der Waals surface area contributed by atoms with E-state index in [2.05, 4.69) is 10.00 Å². The summed E-state index contributed by atoms with van der Waals surface area (Å²) >= 11 is 0. The van der Waals surface area contributed by atoms with Gasteiger partial charge in [0.2, 0.25) is 0 Å². The van der Waals surface area contributed by atoms with E-state index in [1.807, 2.05) is 10.7 Å². The van der Waals surface area contributed by atoms with Crippen molar-refractivity contribution in [2.24, 2.45) is 5.73 Å². The number of rotatable bonds is 3. The maximum atomic E-state index is 13.0. The molecule has 2 N–H and O–H groups in total. The van der Waals surface area contributed by atoms with Crippen molar-refractivity contribution >= 4 is 0 Å². The minimum atomic E-state index is -0.232. The smallest absolute Gasteiger partial charge is 0.123 e. The summed E-state index contributed by atoms with van der Waals surface area (Å²) in [5.74, 6) is -0.232. The highest BCUT2D eigenvalue weighted by Gasteiger charge is 2.18. The van der Waals surface area contributed by atoms with Crippen LogP contribution in [0.1, 0.15) is 18.5 Å². The molecule has 20 heavy (non-hydrogen) atoms. The topological polar surface area (TPSA) is 47.1 Å². The third-order valence-electron chi connectivity index (χ3n) is 3.72. The Morgan fingerprint density at radius 2 is 2.05 bits per heavy atom. The molecule has 0 amide bonds. The Bertz CT molecular complexity index is 564. The Balaban J connectivity index is 1.78. The molecule has 1 atom stereocenters. The van der Waals surface area contributed by atoms with Crippen molar-refractivity contribution in [3.63, 3.8) is 0 Å². The minimum absolute atomic E-state index is 0.232. The zero-order chi connectivity index (χ0) is 13.9. The van der Waals surface area contributed by atoms with Crippen LogP contribution in [0, 0.1) is 5.82 Å². The molecule has 0 saturated carbocycles. The van der Waals surface area contributed by atoms with Gasteiger partial charge in [0.15, 0.2) is 0 Å². The molecule has 106 valence electrons. The summed E-state index contributed by atoms with van der Waals surface area (Å²) in [4.78, 5) is 2.35. The van der Waals surface area contributed by atoms with Crippen LogP contribution in [0.4, 0.5) is 4.39 Å². The lowest BCUT2D eigenvalue weighted by Crippen LogP contribution is -2.42. The van der Waals surface area contributed by atoms with E-state index >= 15 is 0 Å². The van der Waals surface area contributed by atoms with Crippen molar-refractivity contribution in [2.45, 2.75) is 25.4 Å². The van der Waals surface area contributed by atoms with Crippen LogP contribution >= 0.6 is 0 Å². The molecule has 1 saturated heterocycles. The van der Waals surface area contributed by atoms with Crippen LogP contribution < -0.4 is 5.73 Å². The standard InChI is InChI=1S/C15H19FN4/c16-12-3-5-14(6-4-12)20-15(7-8-18-20)11-19-9-1-2-13(17)10-19/h3-8,13H,1-2,9-11,17H2/t13-/m1/s1. The summed E-state index contributed by atoms with van der Waals surface area (Å²) in [6, 6.07) is 8.67. The van der Waals surface area contributed by atoms with Gasteiger partial charge in [0.1, 0.15) is 5.82 Å². The molecule has 1 aromatic heterocycles. The minimum Gasteiger partial charge on any atom is -0.327 e. The number of nitrogens with zero attached hydrogens (tertiary/aromatic N) is 3. The van der Waals surface area contributed by atoms with Crippen LogP contribution in [-0.2, 0) is 6.54 Å². The molecule has 0 spiro atoms. The summed E-state index contributed by atoms with van der Waals surface area (Å²) < 4.78 is 14.9. The molecule has 3 rings (SSSR count). The van der Waals surface area contributed by atoms with Gasteiger partial charge in [0.05, 0.1) is 11.4 Å². The van der Waals surface area contributed by atoms with Crippen molar-refractivity contribution in [3.8, 4) is 5.69 Å². The van der Waals surface area contributed by atoms with E-state index in [4.69, 9.17) is 5.73 Å². The van der Waals surface area contributed by atoms with Gasteiger partial charge in [-0.15, -0.1) is 0 Å². The highest BCUT2D eigenvalue weighted by Crippen LogP contribution is 2.16. The normalized spacial score (nSPS) is 20.2. The fraction of sp³-hybridized carbons (Fsp3) is 0.400. The monoisotopic (exact) mass is 274 g/mol. The van der Waals surface area contributed by atoms with Crippen LogP contribution in [-0.4, -0.2) is 33.8 Å². The van der Waals surface area contributed by atoms with Gasteiger partial charge in [-0.25, -0.2) is 9.07 Å². The van der Waals surface area contributed by atoms with Crippen molar-refractivity contribution < 1.29 is 4.39 Å². The second kappa shape index (κ2) is 5.73. The quantitative estimate of drug-likeness (QED) is 0.930. The lowest BCUT2D eigenvalue weighted by molar-refractivity contribution is 0.198. The predicted octanol–water partition coefficient (Wildman–Crippen LogP) is 1.93. The molecule has 0 unspecified atom stereocenters. The van der Waals surface area contributed by atoms with E-state index in [-0.39, 0.29) is 11.9 Å². The Morgan fingerprint density at radius 3 is 2.80 bits per heavy atom. The van der Waals surface area contributed by atoms with Gasteiger partial charge in [0, 0.05) is 25.3 Å². The first-order valence-electron chi connectivity index (χ1n) is 6.99. The highest BCUT2D eigenvalue weighted by molar-refractivity contribution is 5.32. The van der Waals surface area contributed by atoms with Gasteiger partial charge < -0.3 is 5.73 Å². The lowest BCUT2D eigenvalue weighted by atomic mass is 10.1. The number of benzene rings is 1. The Morgan fingerprint density at radius 1 is 1.25 bits per heavy atom. The van der Waals surface area contributed by atoms with Crippen molar-refractivity contribution in [1.29, 1.82) is 0 Å². The van der Waals surface area contributed by atoms with Crippen LogP contribution in [0.2, 0.25) is 0 Å². The van der Waals surface area contributed by atoms with Crippen molar-refractivity contribution in [1.82, 2.24) is 14.7 Å². The summed E-state index contributed by atoms with van der Waals surface area (Å²) in [7, 11) is 0. The zero-order valence-corrected chi connectivity index (χ0v) is 11.4. The van der Waals surface area contributed by atoms with Gasteiger partial charge in [-0.05, 0) is 49.7 Å². The molecule has 2 heterocycles. The fourth-order valence-electron chi connectivity index (χ4n) is 2.73. The second-order valence-electron chi connectivity index (χ2n) is 5.35. The Kier molecular flexibility index (Phi) is 3.80. The largest absolute Gasteiger partial charge is 0.327 e. The maximum absolute atomic E-state index is 13.0. The first-order valence-corrected chi connectivity index (χ1v) is 6.99. The van der Waals surface area contributed by atoms with E-state index in [0.717, 1.165) is 43.9 Å². The van der Waals surface area contributed by atoms with Gasteiger partial charge in [0.25, 0.3) is 0 Å². The zero-order valence-electron chi connectivity index (χ0n) is 11.4. The lowest BCUT2D eigenvalue weighted by Gasteiger charge is -2.30. The first kappa shape index (κ1) is 13.3. The summed E-state index contributed by atoms with van der Waals surface area (Å²) in [6.45, 7) is 2.82. The van der Waals surface area contributed by atoms with Gasteiger partial charge in [-0.2, -0.15) is 5.10 Å². The fourth-order valence-corrected chi connectivity index (χ4v) is 2.73. The summed E-state index contributed by atoms with van der Waals surface area (Å²) in [5, 5.41) is 4.34. The highest BCUT2D eigenvalue weighted by atomic mass is 19.1. The molecule has 2 aromatic rings. The number of aromatic nitrogens is 2. The molecule has 1 aromatic carbocycles. The van der Waals surface area contributed by atoms with Crippen LogP contribution in [0.5, 0.6) is 0 Å². The third kappa shape index (κ3) is 2.89. The summed E-state index contributed by atoms with van der Waals surface area (Å²) in [5.41, 5.74) is 8.00. The SMILES string of the molecule is N[C@@H]1CCCN(Cc2ccnn2-c2ccc(F)cc2)C1. The predicted molar refractivity (Wildman–Crippen MR) is 76.0 cm³/mol. The molecule has 5 heteroatoms. The average molecular weight is 274 g/mol. The third-order valence-corrected chi connectivity index (χ3v) is 3.72. The second-order valence-corrected chi connectivity index (χ2v) is 5.35. The summed E-state index contributed by atoms with van der Waals surface area (Å²) in [6.07, 6.45) is 4.03. The Labute approximate surface area is 118 Å². The molecule has 1 aliphatic heterocycles. The van der Waals surface area contributed by atoms with E-state index < -0.39 is 0 Å². The molecule has 4 nitrogen and oxygen atoms in total. The molecular formula is C15H19FN4. The average Bonchev–Trinajstić information content (AvgIpc) is 2.88. The van der Waals surface area contributed by atoms with Gasteiger partial charge >= 0.3 is 0 Å². The van der Waals surface area contributed by atoms with Crippen molar-refractivity contribution in [2.75, 3.05) is 13.1 Å². The van der Waals surface area contributed by atoms with Crippen LogP contribution in [0.15, 0.2) is 36.5 Å². The number of hydrogen-bond donors (Lipinski definition) is 1. The molecule has 0 bridgehead atoms. The molecule has 0 radical (unpaired) electrons. The first-order chi connectivity index (χ1) is 9.72. The Hall–Kier alpha value is -1.72. The van der Waals surface area contributed by atoms with Gasteiger partial charge in [-0.1, -0.05) is 0 Å². The van der Waals surface area contributed by atoms with E-state index in [9.17, 15) is 4.39 Å². The molecule has 1 fully saturated rings. The van der Waals surface area contributed by atoms with E-state index in [1.165, 1.54) is 12.1 Å². The number of likely N-dealkylation sites (tertiary alicyclic amines) is 1. The van der Waals surface area contributed by atoms with Crippen molar-refractivity contribution in [3.05, 3.63) is 48.0 Å².